The maximum absolute atomic E-state index is 13.2. The molecule has 13 heavy (non-hydrogen) atoms. The van der Waals surface area contributed by atoms with E-state index < -0.39 is 12.0 Å². The molecule has 0 spiro atoms. The monoisotopic (exact) mass is 301 g/mol. The van der Waals surface area contributed by atoms with Crippen molar-refractivity contribution >= 4 is 26.4 Å². The summed E-state index contributed by atoms with van der Waals surface area (Å²) in [5, 5.41) is 2.74. The normalized spacial score (nSPS) is 41.9. The zero-order valence-electron chi connectivity index (χ0n) is 6.90. The van der Waals surface area contributed by atoms with Gasteiger partial charge in [0.15, 0.2) is 0 Å². The first kappa shape index (κ1) is 9.76. The molecule has 0 aromatic carbocycles. The van der Waals surface area contributed by atoms with E-state index in [2.05, 4.69) is 5.32 Å². The Labute approximate surface area is 88.6 Å². The lowest BCUT2D eigenvalue weighted by Gasteiger charge is -2.46. The Kier molecular flexibility index (Phi) is 2.34. The second kappa shape index (κ2) is 3.12. The molecule has 3 aliphatic rings. The summed E-state index contributed by atoms with van der Waals surface area (Å²) in [6, 6.07) is -1.11. The van der Waals surface area contributed by atoms with Gasteiger partial charge in [0.25, 0.3) is 5.92 Å². The van der Waals surface area contributed by atoms with Crippen LogP contribution in [0.4, 0.5) is 8.78 Å². The first-order valence-corrected chi connectivity index (χ1v) is 5.42. The van der Waals surface area contributed by atoms with Gasteiger partial charge in [-0.15, -0.1) is 0 Å². The van der Waals surface area contributed by atoms with E-state index in [0.717, 1.165) is 6.42 Å². The average Bonchev–Trinajstić information content (AvgIpc) is 2.02. The van der Waals surface area contributed by atoms with Crippen molar-refractivity contribution in [2.45, 2.75) is 37.3 Å². The predicted octanol–water partition coefficient (Wildman–Crippen LogP) is 1.72. The molecule has 0 aromatic rings. The van der Waals surface area contributed by atoms with Crippen molar-refractivity contribution in [2.24, 2.45) is 5.92 Å². The van der Waals surface area contributed by atoms with Crippen molar-refractivity contribution in [1.82, 2.24) is 5.32 Å². The van der Waals surface area contributed by atoms with E-state index in [9.17, 15) is 13.6 Å². The predicted molar refractivity (Wildman–Crippen MR) is 52.0 cm³/mol. The van der Waals surface area contributed by atoms with Crippen LogP contribution in [-0.2, 0) is 4.79 Å². The summed E-state index contributed by atoms with van der Waals surface area (Å²) in [7, 11) is 0. The molecular formula is C8H10F2INO. The zero-order chi connectivity index (χ0) is 9.64. The Hall–Kier alpha value is 0.220. The van der Waals surface area contributed by atoms with E-state index in [0.29, 0.717) is 6.42 Å². The number of alkyl halides is 2. The Bertz CT molecular complexity index is 246. The topological polar surface area (TPSA) is 29.1 Å². The fourth-order valence-corrected chi connectivity index (χ4v) is 2.97. The van der Waals surface area contributed by atoms with Gasteiger partial charge in [0, 0.05) is 29.0 Å². The van der Waals surface area contributed by atoms with Crippen molar-refractivity contribution in [3.05, 3.63) is 0 Å². The van der Waals surface area contributed by atoms with Crippen LogP contribution in [0.2, 0.25) is 0 Å². The van der Waals surface area contributed by atoms with Crippen LogP contribution in [0.5, 0.6) is 0 Å². The van der Waals surface area contributed by atoms with Crippen LogP contribution in [0.25, 0.3) is 0 Å². The molecule has 0 aromatic heterocycles. The molecule has 2 saturated heterocycles. The van der Waals surface area contributed by atoms with Crippen LogP contribution in [-0.4, -0.2) is 21.8 Å². The summed E-state index contributed by atoms with van der Waals surface area (Å²) < 4.78 is 26.3. The molecule has 0 radical (unpaired) electrons. The molecule has 2 bridgehead atoms. The molecule has 3 fully saturated rings. The van der Waals surface area contributed by atoms with Crippen LogP contribution in [0, 0.1) is 5.92 Å². The Morgan fingerprint density at radius 1 is 1.46 bits per heavy atom. The van der Waals surface area contributed by atoms with Crippen molar-refractivity contribution in [3.8, 4) is 0 Å². The number of piperidine rings is 2. The molecule has 3 rings (SSSR count). The molecule has 74 valence electrons. The van der Waals surface area contributed by atoms with Crippen LogP contribution in [0.15, 0.2) is 0 Å². The highest BCUT2D eigenvalue weighted by atomic mass is 127. The molecule has 2 nitrogen and oxygen atoms in total. The highest BCUT2D eigenvalue weighted by molar-refractivity contribution is 14.1. The molecule has 5 heteroatoms. The summed E-state index contributed by atoms with van der Waals surface area (Å²) in [4.78, 5) is 11.1. The zero-order valence-corrected chi connectivity index (χ0v) is 9.05. The minimum Gasteiger partial charge on any atom is -0.298 e. The van der Waals surface area contributed by atoms with E-state index in [1.54, 1.807) is 22.6 Å². The number of nitrogens with one attached hydrogen (secondary N) is 1. The van der Waals surface area contributed by atoms with Gasteiger partial charge in [-0.3, -0.25) is 10.1 Å². The van der Waals surface area contributed by atoms with E-state index in [1.165, 1.54) is 0 Å². The third kappa shape index (κ3) is 1.60. The van der Waals surface area contributed by atoms with Gasteiger partial charge in [-0.2, -0.15) is 0 Å². The van der Waals surface area contributed by atoms with Gasteiger partial charge in [-0.25, -0.2) is 8.78 Å². The summed E-state index contributed by atoms with van der Waals surface area (Å²) in [6.07, 6.45) is 1.13. The molecule has 2 heterocycles. The number of fused-ring (bicyclic) bond motifs is 3. The van der Waals surface area contributed by atoms with Crippen molar-refractivity contribution in [3.63, 3.8) is 0 Å². The van der Waals surface area contributed by atoms with Crippen LogP contribution < -0.4 is 5.32 Å². The van der Waals surface area contributed by atoms with Gasteiger partial charge in [-0.1, -0.05) is 0 Å². The number of halogens is 3. The highest BCUT2D eigenvalue weighted by Crippen LogP contribution is 2.43. The number of carbonyl (C=O) groups excluding carboxylic acids is 1. The number of hydrogen-bond acceptors (Lipinski definition) is 2. The summed E-state index contributed by atoms with van der Waals surface area (Å²) in [5.41, 5.74) is 0. The fourth-order valence-electron chi connectivity index (χ4n) is 2.28. The largest absolute Gasteiger partial charge is 0.298 e. The Morgan fingerprint density at radius 3 is 2.54 bits per heavy atom. The minimum absolute atomic E-state index is 0.0391. The average molecular weight is 301 g/mol. The first-order valence-electron chi connectivity index (χ1n) is 4.34. The molecule has 1 saturated carbocycles. The van der Waals surface area contributed by atoms with Crippen LogP contribution in [0.1, 0.15) is 19.3 Å². The SMILES string of the molecule is O=C(I)[C@H]1N[C@H]2CC[C@@H]1CC2(F)F. The number of hydrogen-bond donors (Lipinski definition) is 1. The van der Waals surface area contributed by atoms with Gasteiger partial charge >= 0.3 is 0 Å². The highest BCUT2D eigenvalue weighted by Gasteiger charge is 2.53. The number of rotatable bonds is 1. The van der Waals surface area contributed by atoms with E-state index in [1.807, 2.05) is 0 Å². The molecule has 0 unspecified atom stereocenters. The van der Waals surface area contributed by atoms with Gasteiger partial charge < -0.3 is 0 Å². The van der Waals surface area contributed by atoms with Crippen molar-refractivity contribution in [1.29, 1.82) is 0 Å². The van der Waals surface area contributed by atoms with Crippen molar-refractivity contribution < 1.29 is 13.6 Å². The Morgan fingerprint density at radius 2 is 2.15 bits per heavy atom. The third-order valence-corrected chi connectivity index (χ3v) is 3.64. The molecule has 0 amide bonds. The molecule has 1 aliphatic carbocycles. The van der Waals surface area contributed by atoms with Crippen molar-refractivity contribution in [2.75, 3.05) is 0 Å². The maximum Gasteiger partial charge on any atom is 0.263 e. The van der Waals surface area contributed by atoms with Gasteiger partial charge in [-0.05, 0) is 18.8 Å². The minimum atomic E-state index is -2.61. The van der Waals surface area contributed by atoms with Crippen LogP contribution >= 0.6 is 22.6 Å². The standard InChI is InChI=1S/C8H10F2INO/c9-8(10)3-4-1-2-5(8)12-6(4)7(11)13/h4-6,12H,1-3H2/t4-,5+,6+/m1/s1. The smallest absolute Gasteiger partial charge is 0.263 e. The van der Waals surface area contributed by atoms with E-state index >= 15 is 0 Å². The quantitative estimate of drug-likeness (QED) is 0.590. The fraction of sp³-hybridized carbons (Fsp3) is 0.875. The lowest BCUT2D eigenvalue weighted by Crippen LogP contribution is -2.63. The first-order chi connectivity index (χ1) is 6.00. The lowest BCUT2D eigenvalue weighted by atomic mass is 9.74. The second-order valence-corrected chi connectivity index (χ2v) is 4.87. The second-order valence-electron chi connectivity index (χ2n) is 3.80. The Balaban J connectivity index is 2.16. The van der Waals surface area contributed by atoms with E-state index in [-0.39, 0.29) is 22.2 Å². The lowest BCUT2D eigenvalue weighted by molar-refractivity contribution is -0.133. The number of carbonyl (C=O) groups is 1. The molecule has 3 atom stereocenters. The van der Waals surface area contributed by atoms with Gasteiger partial charge in [0.1, 0.15) is 0 Å². The molecular weight excluding hydrogens is 291 g/mol. The van der Waals surface area contributed by atoms with Gasteiger partial charge in [0.2, 0.25) is 3.79 Å². The summed E-state index contributed by atoms with van der Waals surface area (Å²) in [5.74, 6) is -2.77. The maximum atomic E-state index is 13.2. The van der Waals surface area contributed by atoms with E-state index in [4.69, 9.17) is 0 Å². The van der Waals surface area contributed by atoms with Gasteiger partial charge in [0.05, 0.1) is 12.1 Å². The summed E-state index contributed by atoms with van der Waals surface area (Å²) >= 11 is 1.69. The molecule has 1 N–H and O–H groups in total. The third-order valence-electron chi connectivity index (χ3n) is 2.97. The van der Waals surface area contributed by atoms with Crippen LogP contribution in [0.3, 0.4) is 0 Å². The molecule has 2 aliphatic heterocycles. The summed E-state index contributed by atoms with van der Waals surface area (Å²) in [6.45, 7) is 0.